The summed E-state index contributed by atoms with van der Waals surface area (Å²) < 4.78 is 5.09. The molecule has 0 aliphatic heterocycles. The Kier molecular flexibility index (Phi) is 2.43. The highest BCUT2D eigenvalue weighted by atomic mass is 16.5. The van der Waals surface area contributed by atoms with E-state index in [1.807, 2.05) is 0 Å². The molecule has 0 spiro atoms. The monoisotopic (exact) mass is 136 g/mol. The lowest BCUT2D eigenvalue weighted by molar-refractivity contribution is 0.348. The van der Waals surface area contributed by atoms with Crippen LogP contribution in [0.4, 0.5) is 0 Å². The van der Waals surface area contributed by atoms with Crippen molar-refractivity contribution in [2.45, 2.75) is 0 Å². The van der Waals surface area contributed by atoms with Crippen molar-refractivity contribution in [1.82, 2.24) is 9.97 Å². The molecule has 1 aromatic heterocycles. The third-order valence-corrected chi connectivity index (χ3v) is 0.904. The summed E-state index contributed by atoms with van der Waals surface area (Å²) in [6.07, 6.45) is 4.74. The van der Waals surface area contributed by atoms with Crippen molar-refractivity contribution in [2.75, 3.05) is 6.61 Å². The first-order chi connectivity index (χ1) is 4.93. The summed E-state index contributed by atoms with van der Waals surface area (Å²) in [5, 5.41) is 0. The molecule has 0 unspecified atom stereocenters. The Morgan fingerprint density at radius 3 is 3.20 bits per heavy atom. The van der Waals surface area contributed by atoms with E-state index in [0.29, 0.717) is 12.5 Å². The van der Waals surface area contributed by atoms with Gasteiger partial charge in [-0.05, 0) is 0 Å². The molecule has 1 rings (SSSR count). The molecule has 0 N–H and O–H groups in total. The van der Waals surface area contributed by atoms with Crippen molar-refractivity contribution in [2.24, 2.45) is 0 Å². The number of ether oxygens (including phenoxy) is 1. The summed E-state index contributed by atoms with van der Waals surface area (Å²) in [4.78, 5) is 7.57. The SMILES string of the molecule is C=CCOc1ccncn1. The first-order valence-electron chi connectivity index (χ1n) is 2.93. The van der Waals surface area contributed by atoms with Crippen molar-refractivity contribution >= 4 is 0 Å². The molecule has 1 aromatic rings. The Morgan fingerprint density at radius 2 is 2.60 bits per heavy atom. The zero-order valence-corrected chi connectivity index (χ0v) is 5.53. The van der Waals surface area contributed by atoms with Gasteiger partial charge in [0, 0.05) is 12.3 Å². The van der Waals surface area contributed by atoms with Crippen LogP contribution >= 0.6 is 0 Å². The van der Waals surface area contributed by atoms with Gasteiger partial charge in [-0.3, -0.25) is 0 Å². The highest BCUT2D eigenvalue weighted by Gasteiger charge is 1.87. The second-order valence-corrected chi connectivity index (χ2v) is 1.65. The van der Waals surface area contributed by atoms with Gasteiger partial charge in [0.25, 0.3) is 0 Å². The summed E-state index contributed by atoms with van der Waals surface area (Å²) in [6, 6.07) is 1.70. The molecule has 3 heteroatoms. The largest absolute Gasteiger partial charge is 0.473 e. The molecule has 0 atom stereocenters. The fourth-order valence-electron chi connectivity index (χ4n) is 0.508. The Balaban J connectivity index is 2.50. The van der Waals surface area contributed by atoms with Crippen LogP contribution < -0.4 is 4.74 Å². The fourth-order valence-corrected chi connectivity index (χ4v) is 0.508. The summed E-state index contributed by atoms with van der Waals surface area (Å²) in [5.74, 6) is 0.579. The van der Waals surface area contributed by atoms with Crippen LogP contribution in [-0.2, 0) is 0 Å². The van der Waals surface area contributed by atoms with E-state index in [4.69, 9.17) is 4.74 Å². The van der Waals surface area contributed by atoms with Gasteiger partial charge < -0.3 is 4.74 Å². The molecule has 10 heavy (non-hydrogen) atoms. The van der Waals surface area contributed by atoms with Crippen LogP contribution in [0.3, 0.4) is 0 Å². The number of aromatic nitrogens is 2. The highest BCUT2D eigenvalue weighted by molar-refractivity contribution is 5.04. The Morgan fingerprint density at radius 1 is 1.70 bits per heavy atom. The molecule has 0 aromatic carbocycles. The lowest BCUT2D eigenvalue weighted by atomic mass is 10.6. The molecule has 52 valence electrons. The molecule has 0 bridgehead atoms. The van der Waals surface area contributed by atoms with Crippen LogP contribution in [0.2, 0.25) is 0 Å². The molecule has 0 aliphatic carbocycles. The second-order valence-electron chi connectivity index (χ2n) is 1.65. The van der Waals surface area contributed by atoms with Crippen molar-refractivity contribution in [1.29, 1.82) is 0 Å². The van der Waals surface area contributed by atoms with Crippen LogP contribution in [0.15, 0.2) is 31.2 Å². The Hall–Kier alpha value is -1.38. The molecule has 0 fully saturated rings. The minimum Gasteiger partial charge on any atom is -0.473 e. The van der Waals surface area contributed by atoms with Crippen LogP contribution in [0.5, 0.6) is 5.88 Å². The predicted molar refractivity (Wildman–Crippen MR) is 37.7 cm³/mol. The van der Waals surface area contributed by atoms with E-state index in [9.17, 15) is 0 Å². The summed E-state index contributed by atoms with van der Waals surface area (Å²) in [6.45, 7) is 3.99. The van der Waals surface area contributed by atoms with Crippen molar-refractivity contribution in [3.63, 3.8) is 0 Å². The van der Waals surface area contributed by atoms with Crippen molar-refractivity contribution < 1.29 is 4.74 Å². The summed E-state index contributed by atoms with van der Waals surface area (Å²) in [5.41, 5.74) is 0. The third kappa shape index (κ3) is 1.85. The minimum absolute atomic E-state index is 0.483. The van der Waals surface area contributed by atoms with Gasteiger partial charge in [0.2, 0.25) is 5.88 Å². The van der Waals surface area contributed by atoms with Gasteiger partial charge in [0.15, 0.2) is 0 Å². The van der Waals surface area contributed by atoms with Gasteiger partial charge in [-0.25, -0.2) is 9.97 Å². The van der Waals surface area contributed by atoms with E-state index < -0.39 is 0 Å². The van der Waals surface area contributed by atoms with E-state index in [1.165, 1.54) is 6.33 Å². The molecule has 0 aliphatic rings. The average Bonchev–Trinajstić information content (AvgIpc) is 2.03. The predicted octanol–water partition coefficient (Wildman–Crippen LogP) is 1.04. The maximum atomic E-state index is 5.09. The first-order valence-corrected chi connectivity index (χ1v) is 2.93. The van der Waals surface area contributed by atoms with E-state index in [0.717, 1.165) is 0 Å². The van der Waals surface area contributed by atoms with Gasteiger partial charge >= 0.3 is 0 Å². The Bertz CT molecular complexity index is 198. The minimum atomic E-state index is 0.483. The lowest BCUT2D eigenvalue weighted by Crippen LogP contribution is -1.94. The van der Waals surface area contributed by atoms with Gasteiger partial charge in [-0.2, -0.15) is 0 Å². The first kappa shape index (κ1) is 6.74. The van der Waals surface area contributed by atoms with Crippen molar-refractivity contribution in [3.05, 3.63) is 31.2 Å². The number of nitrogens with zero attached hydrogens (tertiary/aromatic N) is 2. The van der Waals surface area contributed by atoms with Crippen molar-refractivity contribution in [3.8, 4) is 5.88 Å². The maximum absolute atomic E-state index is 5.09. The molecule has 0 saturated carbocycles. The van der Waals surface area contributed by atoms with Crippen LogP contribution in [0.25, 0.3) is 0 Å². The molecular weight excluding hydrogens is 128 g/mol. The van der Waals surface area contributed by atoms with Gasteiger partial charge in [-0.15, -0.1) is 0 Å². The topological polar surface area (TPSA) is 35.0 Å². The van der Waals surface area contributed by atoms with E-state index >= 15 is 0 Å². The molecule has 0 radical (unpaired) electrons. The summed E-state index contributed by atoms with van der Waals surface area (Å²) >= 11 is 0. The molecule has 0 saturated heterocycles. The second kappa shape index (κ2) is 3.61. The fraction of sp³-hybridized carbons (Fsp3) is 0.143. The number of hydrogen-bond donors (Lipinski definition) is 0. The van der Waals surface area contributed by atoms with Gasteiger partial charge in [-0.1, -0.05) is 12.7 Å². The van der Waals surface area contributed by atoms with E-state index in [2.05, 4.69) is 16.5 Å². The van der Waals surface area contributed by atoms with Gasteiger partial charge in [0.1, 0.15) is 12.9 Å². The smallest absolute Gasteiger partial charge is 0.216 e. The molecular formula is C7H8N2O. The highest BCUT2D eigenvalue weighted by Crippen LogP contribution is 2.00. The third-order valence-electron chi connectivity index (χ3n) is 0.904. The average molecular weight is 136 g/mol. The normalized spacial score (nSPS) is 8.80. The molecule has 1 heterocycles. The number of rotatable bonds is 3. The zero-order valence-electron chi connectivity index (χ0n) is 5.53. The van der Waals surface area contributed by atoms with Crippen LogP contribution in [-0.4, -0.2) is 16.6 Å². The maximum Gasteiger partial charge on any atom is 0.216 e. The standard InChI is InChI=1S/C7H8N2O/c1-2-5-10-7-3-4-8-6-9-7/h2-4,6H,1,5H2. The quantitative estimate of drug-likeness (QED) is 0.582. The van der Waals surface area contributed by atoms with Gasteiger partial charge in [0.05, 0.1) is 0 Å². The molecule has 3 nitrogen and oxygen atoms in total. The summed E-state index contributed by atoms with van der Waals surface area (Å²) in [7, 11) is 0. The van der Waals surface area contributed by atoms with E-state index in [-0.39, 0.29) is 0 Å². The number of hydrogen-bond acceptors (Lipinski definition) is 3. The molecule has 0 amide bonds. The Labute approximate surface area is 59.4 Å². The van der Waals surface area contributed by atoms with Crippen LogP contribution in [0, 0.1) is 0 Å². The van der Waals surface area contributed by atoms with E-state index in [1.54, 1.807) is 18.3 Å². The lowest BCUT2D eigenvalue weighted by Gasteiger charge is -1.97. The zero-order chi connectivity index (χ0) is 7.23. The van der Waals surface area contributed by atoms with Crippen LogP contribution in [0.1, 0.15) is 0 Å².